The van der Waals surface area contributed by atoms with E-state index in [1.807, 2.05) is 26.0 Å². The number of rotatable bonds is 6. The molecule has 0 N–H and O–H groups in total. The molecule has 0 aromatic heterocycles. The molecule has 0 fully saturated rings. The molecule has 0 aliphatic heterocycles. The van der Waals surface area contributed by atoms with Crippen LogP contribution in [0.4, 0.5) is 34.1 Å². The first-order valence-electron chi connectivity index (χ1n) is 16.9. The highest BCUT2D eigenvalue weighted by Gasteiger charge is 2.12. The minimum Gasteiger partial charge on any atom is -0.311 e. The van der Waals surface area contributed by atoms with E-state index in [-0.39, 0.29) is 0 Å². The summed E-state index contributed by atoms with van der Waals surface area (Å²) in [5, 5.41) is 0. The van der Waals surface area contributed by atoms with Crippen molar-refractivity contribution in [3.8, 4) is 0 Å². The fraction of sp³-hybridized carbons (Fsp3) is 0.200. The number of benzene rings is 6. The van der Waals surface area contributed by atoms with Gasteiger partial charge in [-0.05, 0) is 100 Å². The molecule has 0 aliphatic rings. The summed E-state index contributed by atoms with van der Waals surface area (Å²) in [6, 6.07) is 55.5. The van der Waals surface area contributed by atoms with Gasteiger partial charge in [-0.1, -0.05) is 141 Å². The summed E-state index contributed by atoms with van der Waals surface area (Å²) in [7, 11) is 0. The zero-order valence-electron chi connectivity index (χ0n) is 29.6. The van der Waals surface area contributed by atoms with E-state index in [2.05, 4.69) is 197 Å². The normalized spacial score (nSPS) is 9.79. The minimum absolute atomic E-state index is 1.17. The zero-order chi connectivity index (χ0) is 34.0. The largest absolute Gasteiger partial charge is 0.311 e. The fourth-order valence-corrected chi connectivity index (χ4v) is 4.82. The molecule has 0 unspecified atom stereocenters. The molecule has 2 heteroatoms. The SMILES string of the molecule is CC.CCC.Cc1ccc(N(c2ccccc2)c2ccc(C)cc2)cc1.Cc1ccc(N(c2ccccc2)c2ccc(C)cc2)cc1. The van der Waals surface area contributed by atoms with Gasteiger partial charge in [0.1, 0.15) is 0 Å². The molecule has 0 saturated heterocycles. The van der Waals surface area contributed by atoms with Crippen molar-refractivity contribution in [2.75, 3.05) is 9.80 Å². The van der Waals surface area contributed by atoms with Crippen molar-refractivity contribution in [3.05, 3.63) is 180 Å². The molecular weight excluding hydrogens is 569 g/mol. The smallest absolute Gasteiger partial charge is 0.0461 e. The molecule has 0 atom stereocenters. The summed E-state index contributed by atoms with van der Waals surface area (Å²) in [6.45, 7) is 16.7. The molecular formula is C45H52N2. The molecule has 0 saturated carbocycles. The van der Waals surface area contributed by atoms with Crippen LogP contribution in [0.3, 0.4) is 0 Å². The van der Waals surface area contributed by atoms with Gasteiger partial charge in [0.25, 0.3) is 0 Å². The predicted molar refractivity (Wildman–Crippen MR) is 209 cm³/mol. The van der Waals surface area contributed by atoms with E-state index in [4.69, 9.17) is 0 Å². The van der Waals surface area contributed by atoms with Gasteiger partial charge in [0.15, 0.2) is 0 Å². The highest BCUT2D eigenvalue weighted by Crippen LogP contribution is 2.35. The number of anilines is 6. The molecule has 242 valence electrons. The second-order valence-corrected chi connectivity index (χ2v) is 11.4. The van der Waals surface area contributed by atoms with Crippen molar-refractivity contribution in [1.82, 2.24) is 0 Å². The third kappa shape index (κ3) is 11.0. The molecule has 6 aromatic carbocycles. The summed E-state index contributed by atoms with van der Waals surface area (Å²) in [5.41, 5.74) is 12.1. The maximum atomic E-state index is 2.28. The van der Waals surface area contributed by atoms with E-state index in [1.54, 1.807) is 0 Å². The molecule has 0 bridgehead atoms. The molecule has 6 rings (SSSR count). The quantitative estimate of drug-likeness (QED) is 0.183. The molecule has 2 nitrogen and oxygen atoms in total. The highest BCUT2D eigenvalue weighted by atomic mass is 15.1. The second-order valence-electron chi connectivity index (χ2n) is 11.4. The van der Waals surface area contributed by atoms with Crippen molar-refractivity contribution in [3.63, 3.8) is 0 Å². The van der Waals surface area contributed by atoms with Gasteiger partial charge in [-0.25, -0.2) is 0 Å². The van der Waals surface area contributed by atoms with Crippen LogP contribution >= 0.6 is 0 Å². The summed E-state index contributed by atoms with van der Waals surface area (Å²) in [6.07, 6.45) is 1.25. The van der Waals surface area contributed by atoms with Crippen LogP contribution in [0.1, 0.15) is 56.4 Å². The van der Waals surface area contributed by atoms with E-state index < -0.39 is 0 Å². The Morgan fingerprint density at radius 2 is 0.468 bits per heavy atom. The van der Waals surface area contributed by atoms with Gasteiger partial charge >= 0.3 is 0 Å². The molecule has 0 aliphatic carbocycles. The Hall–Kier alpha value is -5.08. The van der Waals surface area contributed by atoms with Gasteiger partial charge < -0.3 is 9.80 Å². The molecule has 6 aromatic rings. The lowest BCUT2D eigenvalue weighted by Crippen LogP contribution is -2.09. The van der Waals surface area contributed by atoms with Crippen LogP contribution in [-0.2, 0) is 0 Å². The first-order chi connectivity index (χ1) is 22.9. The summed E-state index contributed by atoms with van der Waals surface area (Å²) in [5.74, 6) is 0. The number of hydrogen-bond acceptors (Lipinski definition) is 2. The van der Waals surface area contributed by atoms with Crippen LogP contribution in [0, 0.1) is 27.7 Å². The van der Waals surface area contributed by atoms with E-state index in [1.165, 1.54) is 62.8 Å². The number of hydrogen-bond donors (Lipinski definition) is 0. The molecule has 0 amide bonds. The summed E-state index contributed by atoms with van der Waals surface area (Å²) >= 11 is 0. The Kier molecular flexibility index (Phi) is 15.0. The minimum atomic E-state index is 1.17. The van der Waals surface area contributed by atoms with Crippen molar-refractivity contribution >= 4 is 34.1 Å². The Bertz CT molecular complexity index is 1450. The van der Waals surface area contributed by atoms with E-state index in [9.17, 15) is 0 Å². The molecule has 47 heavy (non-hydrogen) atoms. The first kappa shape index (κ1) is 36.4. The van der Waals surface area contributed by atoms with E-state index >= 15 is 0 Å². The molecule has 0 radical (unpaired) electrons. The van der Waals surface area contributed by atoms with Gasteiger partial charge in [0, 0.05) is 34.1 Å². The topological polar surface area (TPSA) is 6.48 Å². The first-order valence-corrected chi connectivity index (χ1v) is 16.9. The van der Waals surface area contributed by atoms with Crippen LogP contribution < -0.4 is 9.80 Å². The monoisotopic (exact) mass is 620 g/mol. The van der Waals surface area contributed by atoms with Crippen LogP contribution in [0.5, 0.6) is 0 Å². The third-order valence-electron chi connectivity index (χ3n) is 7.20. The van der Waals surface area contributed by atoms with Gasteiger partial charge in [0.05, 0.1) is 0 Å². The average Bonchev–Trinajstić information content (AvgIpc) is 3.11. The average molecular weight is 621 g/mol. The van der Waals surface area contributed by atoms with Crippen LogP contribution in [0.2, 0.25) is 0 Å². The van der Waals surface area contributed by atoms with Crippen molar-refractivity contribution < 1.29 is 0 Å². The lowest BCUT2D eigenvalue weighted by Gasteiger charge is -2.25. The fourth-order valence-electron chi connectivity index (χ4n) is 4.82. The van der Waals surface area contributed by atoms with Gasteiger partial charge in [-0.3, -0.25) is 0 Å². The predicted octanol–water partition coefficient (Wildman–Crippen LogP) is 14.0. The van der Waals surface area contributed by atoms with Crippen molar-refractivity contribution in [2.24, 2.45) is 0 Å². The Labute approximate surface area is 285 Å². The molecule has 0 heterocycles. The zero-order valence-corrected chi connectivity index (χ0v) is 29.6. The van der Waals surface area contributed by atoms with Crippen LogP contribution in [0.25, 0.3) is 0 Å². The summed E-state index contributed by atoms with van der Waals surface area (Å²) < 4.78 is 0. The maximum Gasteiger partial charge on any atom is 0.0461 e. The lowest BCUT2D eigenvalue weighted by atomic mass is 10.1. The number of nitrogens with zero attached hydrogens (tertiary/aromatic N) is 2. The van der Waals surface area contributed by atoms with Gasteiger partial charge in [-0.15, -0.1) is 0 Å². The Morgan fingerprint density at radius 3 is 0.660 bits per heavy atom. The lowest BCUT2D eigenvalue weighted by molar-refractivity contribution is 1.09. The maximum absolute atomic E-state index is 2.28. The Morgan fingerprint density at radius 1 is 0.298 bits per heavy atom. The second kappa shape index (κ2) is 19.4. The molecule has 0 spiro atoms. The highest BCUT2D eigenvalue weighted by molar-refractivity contribution is 5.77. The number of para-hydroxylation sites is 2. The van der Waals surface area contributed by atoms with E-state index in [0.29, 0.717) is 0 Å². The van der Waals surface area contributed by atoms with Gasteiger partial charge in [0.2, 0.25) is 0 Å². The summed E-state index contributed by atoms with van der Waals surface area (Å²) in [4.78, 5) is 4.55. The van der Waals surface area contributed by atoms with Crippen LogP contribution in [-0.4, -0.2) is 0 Å². The Balaban J connectivity index is 0.000000225. The van der Waals surface area contributed by atoms with E-state index in [0.717, 1.165) is 0 Å². The van der Waals surface area contributed by atoms with Crippen molar-refractivity contribution in [2.45, 2.75) is 61.8 Å². The standard InChI is InChI=1S/2C20H19N.C3H8.C2H6/c2*1-16-8-12-19(13-9-16)21(18-6-4-3-5-7-18)20-14-10-17(2)11-15-20;1-3-2;1-2/h2*3-15H,1-2H3;3H2,1-2H3;1-2H3. The number of aryl methyl sites for hydroxylation is 4. The van der Waals surface area contributed by atoms with Gasteiger partial charge in [-0.2, -0.15) is 0 Å². The van der Waals surface area contributed by atoms with Crippen molar-refractivity contribution in [1.29, 1.82) is 0 Å². The van der Waals surface area contributed by atoms with Crippen LogP contribution in [0.15, 0.2) is 158 Å². The third-order valence-corrected chi connectivity index (χ3v) is 7.20.